The van der Waals surface area contributed by atoms with Gasteiger partial charge in [-0.3, -0.25) is 4.79 Å². The van der Waals surface area contributed by atoms with Gasteiger partial charge in [0.1, 0.15) is 5.75 Å². The number of benzene rings is 1. The van der Waals surface area contributed by atoms with Crippen LogP contribution in [0.1, 0.15) is 42.1 Å². The van der Waals surface area contributed by atoms with Crippen molar-refractivity contribution >= 4 is 5.91 Å². The van der Waals surface area contributed by atoms with E-state index in [2.05, 4.69) is 12.2 Å². The van der Waals surface area contributed by atoms with Gasteiger partial charge >= 0.3 is 0 Å². The first-order chi connectivity index (χ1) is 8.58. The number of aryl methyl sites for hydroxylation is 1. The van der Waals surface area contributed by atoms with Gasteiger partial charge in [0.2, 0.25) is 0 Å². The summed E-state index contributed by atoms with van der Waals surface area (Å²) in [5.41, 5.74) is 1.11. The SMILES string of the molecule is Cc1cccc(C(=O)NCC2CCC(C)C2)c1O. The molecule has 0 aliphatic heterocycles. The largest absolute Gasteiger partial charge is 0.507 e. The highest BCUT2D eigenvalue weighted by molar-refractivity contribution is 5.97. The molecule has 0 heterocycles. The lowest BCUT2D eigenvalue weighted by atomic mass is 10.1. The molecule has 1 aliphatic rings. The van der Waals surface area contributed by atoms with Crippen molar-refractivity contribution < 1.29 is 9.90 Å². The molecule has 3 nitrogen and oxygen atoms in total. The normalized spacial score (nSPS) is 23.0. The average molecular weight is 247 g/mol. The van der Waals surface area contributed by atoms with Crippen molar-refractivity contribution in [2.75, 3.05) is 6.54 Å². The number of carbonyl (C=O) groups excluding carboxylic acids is 1. The van der Waals surface area contributed by atoms with E-state index < -0.39 is 0 Å². The summed E-state index contributed by atoms with van der Waals surface area (Å²) in [5.74, 6) is 1.29. The molecule has 98 valence electrons. The summed E-state index contributed by atoms with van der Waals surface area (Å²) in [6.45, 7) is 4.77. The summed E-state index contributed by atoms with van der Waals surface area (Å²) in [5, 5.41) is 12.8. The number of hydrogen-bond donors (Lipinski definition) is 2. The number of phenolic OH excluding ortho intramolecular Hbond substituents is 1. The fraction of sp³-hybridized carbons (Fsp3) is 0.533. The molecule has 1 aliphatic carbocycles. The van der Waals surface area contributed by atoms with E-state index in [4.69, 9.17) is 0 Å². The van der Waals surface area contributed by atoms with Crippen LogP contribution in [0, 0.1) is 18.8 Å². The number of phenols is 1. The van der Waals surface area contributed by atoms with E-state index in [1.54, 1.807) is 25.1 Å². The maximum atomic E-state index is 12.0. The first-order valence-electron chi connectivity index (χ1n) is 6.64. The molecule has 3 heteroatoms. The number of carbonyl (C=O) groups is 1. The molecule has 0 saturated heterocycles. The van der Waals surface area contributed by atoms with Gasteiger partial charge in [-0.15, -0.1) is 0 Å². The van der Waals surface area contributed by atoms with Crippen LogP contribution < -0.4 is 5.32 Å². The van der Waals surface area contributed by atoms with Crippen LogP contribution in [0.4, 0.5) is 0 Å². The van der Waals surface area contributed by atoms with Crippen LogP contribution in [0.3, 0.4) is 0 Å². The molecule has 1 saturated carbocycles. The molecule has 0 aromatic heterocycles. The quantitative estimate of drug-likeness (QED) is 0.863. The summed E-state index contributed by atoms with van der Waals surface area (Å²) in [4.78, 5) is 12.0. The molecule has 1 fully saturated rings. The van der Waals surface area contributed by atoms with Crippen molar-refractivity contribution in [3.63, 3.8) is 0 Å². The molecule has 0 bridgehead atoms. The number of hydrogen-bond acceptors (Lipinski definition) is 2. The third-order valence-corrected chi connectivity index (χ3v) is 3.84. The minimum atomic E-state index is -0.171. The standard InChI is InChI=1S/C15H21NO2/c1-10-6-7-12(8-10)9-16-15(18)13-5-3-4-11(2)14(13)17/h3-5,10,12,17H,6-9H2,1-2H3,(H,16,18). The monoisotopic (exact) mass is 247 g/mol. The summed E-state index contributed by atoms with van der Waals surface area (Å²) in [6, 6.07) is 5.25. The Morgan fingerprint density at radius 1 is 1.44 bits per heavy atom. The number of rotatable bonds is 3. The maximum absolute atomic E-state index is 12.0. The fourth-order valence-corrected chi connectivity index (χ4v) is 2.68. The van der Waals surface area contributed by atoms with Crippen LogP contribution in [-0.2, 0) is 0 Å². The van der Waals surface area contributed by atoms with Gasteiger partial charge < -0.3 is 10.4 Å². The Morgan fingerprint density at radius 2 is 2.22 bits per heavy atom. The van der Waals surface area contributed by atoms with Gasteiger partial charge in [0.25, 0.3) is 5.91 Å². The second-order valence-electron chi connectivity index (χ2n) is 5.47. The number of aromatic hydroxyl groups is 1. The van der Waals surface area contributed by atoms with Crippen molar-refractivity contribution in [3.8, 4) is 5.75 Å². The molecule has 2 rings (SSSR count). The first kappa shape index (κ1) is 12.9. The molecule has 2 N–H and O–H groups in total. The minimum absolute atomic E-state index is 0.0924. The molecule has 1 amide bonds. The lowest BCUT2D eigenvalue weighted by molar-refractivity contribution is 0.0944. The van der Waals surface area contributed by atoms with E-state index in [9.17, 15) is 9.90 Å². The van der Waals surface area contributed by atoms with E-state index in [0.717, 1.165) is 18.0 Å². The van der Waals surface area contributed by atoms with E-state index in [1.807, 2.05) is 0 Å². The van der Waals surface area contributed by atoms with Crippen LogP contribution in [0.25, 0.3) is 0 Å². The molecular weight excluding hydrogens is 226 g/mol. The Hall–Kier alpha value is -1.51. The van der Waals surface area contributed by atoms with Crippen LogP contribution in [0.2, 0.25) is 0 Å². The average Bonchev–Trinajstić information content (AvgIpc) is 2.76. The van der Waals surface area contributed by atoms with Gasteiger partial charge in [-0.1, -0.05) is 25.5 Å². The highest BCUT2D eigenvalue weighted by atomic mass is 16.3. The Labute approximate surface area is 108 Å². The topological polar surface area (TPSA) is 49.3 Å². The lowest BCUT2D eigenvalue weighted by Gasteiger charge is -2.12. The van der Waals surface area contributed by atoms with Gasteiger partial charge in [-0.2, -0.15) is 0 Å². The second kappa shape index (κ2) is 5.42. The Morgan fingerprint density at radius 3 is 2.89 bits per heavy atom. The van der Waals surface area contributed by atoms with E-state index in [1.165, 1.54) is 19.3 Å². The summed E-state index contributed by atoms with van der Waals surface area (Å²) < 4.78 is 0. The second-order valence-corrected chi connectivity index (χ2v) is 5.47. The van der Waals surface area contributed by atoms with Crippen LogP contribution in [0.5, 0.6) is 5.75 Å². The highest BCUT2D eigenvalue weighted by Crippen LogP contribution is 2.29. The minimum Gasteiger partial charge on any atom is -0.507 e. The van der Waals surface area contributed by atoms with Crippen LogP contribution in [0.15, 0.2) is 18.2 Å². The summed E-state index contributed by atoms with van der Waals surface area (Å²) in [6.07, 6.45) is 3.65. The maximum Gasteiger partial charge on any atom is 0.255 e. The predicted octanol–water partition coefficient (Wildman–Crippen LogP) is 2.87. The molecule has 0 radical (unpaired) electrons. The van der Waals surface area contributed by atoms with E-state index >= 15 is 0 Å². The Bertz CT molecular complexity index is 442. The van der Waals surface area contributed by atoms with Gasteiger partial charge in [-0.05, 0) is 43.2 Å². The molecular formula is C15H21NO2. The highest BCUT2D eigenvalue weighted by Gasteiger charge is 2.22. The van der Waals surface area contributed by atoms with Crippen molar-refractivity contribution in [2.45, 2.75) is 33.1 Å². The predicted molar refractivity (Wildman–Crippen MR) is 71.7 cm³/mol. The third-order valence-electron chi connectivity index (χ3n) is 3.84. The number of nitrogens with one attached hydrogen (secondary N) is 1. The molecule has 1 aromatic carbocycles. The van der Waals surface area contributed by atoms with Crippen molar-refractivity contribution in [1.29, 1.82) is 0 Å². The first-order valence-corrected chi connectivity index (χ1v) is 6.64. The van der Waals surface area contributed by atoms with Gasteiger partial charge in [-0.25, -0.2) is 0 Å². The number of para-hydroxylation sites is 1. The molecule has 0 spiro atoms. The van der Waals surface area contributed by atoms with Crippen molar-refractivity contribution in [3.05, 3.63) is 29.3 Å². The van der Waals surface area contributed by atoms with Crippen molar-refractivity contribution in [1.82, 2.24) is 5.32 Å². The fourth-order valence-electron chi connectivity index (χ4n) is 2.68. The lowest BCUT2D eigenvalue weighted by Crippen LogP contribution is -2.28. The zero-order valence-corrected chi connectivity index (χ0v) is 11.1. The molecule has 2 atom stereocenters. The Balaban J connectivity index is 1.94. The zero-order chi connectivity index (χ0) is 13.1. The molecule has 18 heavy (non-hydrogen) atoms. The van der Waals surface area contributed by atoms with Gasteiger partial charge in [0, 0.05) is 6.54 Å². The van der Waals surface area contributed by atoms with E-state index in [0.29, 0.717) is 11.5 Å². The molecule has 1 aromatic rings. The van der Waals surface area contributed by atoms with Gasteiger partial charge in [0.15, 0.2) is 0 Å². The van der Waals surface area contributed by atoms with Crippen LogP contribution >= 0.6 is 0 Å². The Kier molecular flexibility index (Phi) is 3.90. The van der Waals surface area contributed by atoms with Crippen LogP contribution in [-0.4, -0.2) is 17.6 Å². The van der Waals surface area contributed by atoms with Gasteiger partial charge in [0.05, 0.1) is 5.56 Å². The zero-order valence-electron chi connectivity index (χ0n) is 11.1. The summed E-state index contributed by atoms with van der Waals surface area (Å²) >= 11 is 0. The van der Waals surface area contributed by atoms with E-state index in [-0.39, 0.29) is 11.7 Å². The smallest absolute Gasteiger partial charge is 0.255 e. The number of amides is 1. The molecule has 2 unspecified atom stereocenters. The van der Waals surface area contributed by atoms with Crippen molar-refractivity contribution in [2.24, 2.45) is 11.8 Å². The third kappa shape index (κ3) is 2.84. The summed E-state index contributed by atoms with van der Waals surface area (Å²) in [7, 11) is 0.